The Labute approximate surface area is 118 Å². The summed E-state index contributed by atoms with van der Waals surface area (Å²) >= 11 is 0. The van der Waals surface area contributed by atoms with Gasteiger partial charge in [0.2, 0.25) is 0 Å². The number of anilines is 1. The number of carboxylic acids is 1. The summed E-state index contributed by atoms with van der Waals surface area (Å²) in [4.78, 5) is 36.3. The standard InChI is InChI=1S/C14H12N2O5/c1-7-2-3-8(14(20)21)4-10(7)15-13(19)9-5-11(17)16-12(18)6-9/h2-6H,1H3,(H,15,19)(H,20,21)(H2,16,17,18). The molecule has 0 aliphatic carbocycles. The first kappa shape index (κ1) is 14.3. The Kier molecular flexibility index (Phi) is 3.75. The Morgan fingerprint density at radius 2 is 1.86 bits per heavy atom. The summed E-state index contributed by atoms with van der Waals surface area (Å²) in [7, 11) is 0. The molecule has 7 heteroatoms. The van der Waals surface area contributed by atoms with Crippen LogP contribution in [-0.2, 0) is 0 Å². The van der Waals surface area contributed by atoms with Crippen LogP contribution in [0.5, 0.6) is 5.88 Å². The summed E-state index contributed by atoms with van der Waals surface area (Å²) in [5, 5.41) is 20.7. The molecular formula is C14H12N2O5. The molecule has 0 atom stereocenters. The number of carboxylic acid groups (broad SMARTS) is 1. The van der Waals surface area contributed by atoms with Crippen LogP contribution < -0.4 is 10.9 Å². The summed E-state index contributed by atoms with van der Waals surface area (Å²) in [6.45, 7) is 1.70. The fourth-order valence-electron chi connectivity index (χ4n) is 1.74. The topological polar surface area (TPSA) is 119 Å². The molecule has 1 heterocycles. The summed E-state index contributed by atoms with van der Waals surface area (Å²) in [5.41, 5.74) is 0.374. The number of nitrogens with one attached hydrogen (secondary N) is 2. The van der Waals surface area contributed by atoms with Gasteiger partial charge in [0.1, 0.15) is 0 Å². The van der Waals surface area contributed by atoms with Crippen molar-refractivity contribution in [2.24, 2.45) is 0 Å². The number of pyridine rings is 1. The quantitative estimate of drug-likeness (QED) is 0.679. The second-order valence-corrected chi connectivity index (χ2v) is 4.41. The van der Waals surface area contributed by atoms with Crippen LogP contribution in [0.2, 0.25) is 0 Å². The van der Waals surface area contributed by atoms with Crippen molar-refractivity contribution < 1.29 is 19.8 Å². The van der Waals surface area contributed by atoms with Crippen LogP contribution in [-0.4, -0.2) is 27.1 Å². The van der Waals surface area contributed by atoms with E-state index < -0.39 is 23.3 Å². The predicted octanol–water partition coefficient (Wildman–Crippen LogP) is 1.34. The number of carbonyl (C=O) groups excluding carboxylic acids is 1. The molecular weight excluding hydrogens is 276 g/mol. The van der Waals surface area contributed by atoms with E-state index in [1.54, 1.807) is 13.0 Å². The second kappa shape index (κ2) is 5.49. The van der Waals surface area contributed by atoms with Crippen molar-refractivity contribution in [2.45, 2.75) is 6.92 Å². The lowest BCUT2D eigenvalue weighted by atomic mass is 10.1. The fourth-order valence-corrected chi connectivity index (χ4v) is 1.74. The monoisotopic (exact) mass is 288 g/mol. The van der Waals surface area contributed by atoms with Crippen LogP contribution in [0, 0.1) is 6.92 Å². The molecule has 1 aromatic heterocycles. The number of aromatic hydroxyl groups is 1. The van der Waals surface area contributed by atoms with Crippen LogP contribution in [0.3, 0.4) is 0 Å². The SMILES string of the molecule is Cc1ccc(C(=O)O)cc1NC(=O)c1cc(O)[nH]c(=O)c1. The van der Waals surface area contributed by atoms with Crippen molar-refractivity contribution in [3.05, 3.63) is 57.4 Å². The average molecular weight is 288 g/mol. The normalized spacial score (nSPS) is 10.1. The third-order valence-corrected chi connectivity index (χ3v) is 2.82. The molecule has 0 unspecified atom stereocenters. The highest BCUT2D eigenvalue weighted by Gasteiger charge is 2.12. The summed E-state index contributed by atoms with van der Waals surface area (Å²) in [5.74, 6) is -2.16. The van der Waals surface area contributed by atoms with Gasteiger partial charge in [-0.1, -0.05) is 6.07 Å². The Morgan fingerprint density at radius 1 is 1.14 bits per heavy atom. The Balaban J connectivity index is 2.33. The summed E-state index contributed by atoms with van der Waals surface area (Å²) in [6.07, 6.45) is 0. The van der Waals surface area contributed by atoms with Crippen LogP contribution in [0.15, 0.2) is 35.1 Å². The zero-order chi connectivity index (χ0) is 15.6. The van der Waals surface area contributed by atoms with E-state index in [-0.39, 0.29) is 11.1 Å². The van der Waals surface area contributed by atoms with E-state index in [4.69, 9.17) is 5.11 Å². The maximum atomic E-state index is 12.0. The molecule has 2 aromatic rings. The number of hydrogen-bond donors (Lipinski definition) is 4. The highest BCUT2D eigenvalue weighted by molar-refractivity contribution is 6.05. The fraction of sp³-hybridized carbons (Fsp3) is 0.0714. The van der Waals surface area contributed by atoms with E-state index in [1.165, 1.54) is 12.1 Å². The number of hydrogen-bond acceptors (Lipinski definition) is 4. The number of amides is 1. The van der Waals surface area contributed by atoms with Crippen molar-refractivity contribution in [1.29, 1.82) is 0 Å². The van der Waals surface area contributed by atoms with Crippen molar-refractivity contribution in [1.82, 2.24) is 4.98 Å². The molecule has 2 rings (SSSR count). The van der Waals surface area contributed by atoms with E-state index in [9.17, 15) is 19.5 Å². The molecule has 1 aromatic carbocycles. The number of benzene rings is 1. The zero-order valence-corrected chi connectivity index (χ0v) is 11.0. The van der Waals surface area contributed by atoms with E-state index >= 15 is 0 Å². The second-order valence-electron chi connectivity index (χ2n) is 4.41. The number of aromatic nitrogens is 1. The number of aryl methyl sites for hydroxylation is 1. The molecule has 0 fully saturated rings. The smallest absolute Gasteiger partial charge is 0.335 e. The number of carbonyl (C=O) groups is 2. The van der Waals surface area contributed by atoms with Gasteiger partial charge in [-0.05, 0) is 24.6 Å². The lowest BCUT2D eigenvalue weighted by molar-refractivity contribution is 0.0696. The summed E-state index contributed by atoms with van der Waals surface area (Å²) in [6, 6.07) is 6.45. The minimum Gasteiger partial charge on any atom is -0.494 e. The highest BCUT2D eigenvalue weighted by atomic mass is 16.4. The molecule has 1 amide bonds. The van der Waals surface area contributed by atoms with Gasteiger partial charge in [0, 0.05) is 17.8 Å². The Hall–Kier alpha value is -3.09. The largest absolute Gasteiger partial charge is 0.494 e. The van der Waals surface area contributed by atoms with Crippen LogP contribution in [0.25, 0.3) is 0 Å². The molecule has 0 radical (unpaired) electrons. The third-order valence-electron chi connectivity index (χ3n) is 2.82. The lowest BCUT2D eigenvalue weighted by Gasteiger charge is -2.09. The highest BCUT2D eigenvalue weighted by Crippen LogP contribution is 2.18. The van der Waals surface area contributed by atoms with Gasteiger partial charge in [-0.15, -0.1) is 0 Å². The molecule has 0 bridgehead atoms. The molecule has 108 valence electrons. The Bertz CT molecular complexity index is 779. The van der Waals surface area contributed by atoms with Crippen molar-refractivity contribution in [3.63, 3.8) is 0 Å². The van der Waals surface area contributed by atoms with Gasteiger partial charge >= 0.3 is 5.97 Å². The first-order chi connectivity index (χ1) is 9.86. The number of aromatic amines is 1. The summed E-state index contributed by atoms with van der Waals surface area (Å²) < 4.78 is 0. The third kappa shape index (κ3) is 3.27. The van der Waals surface area contributed by atoms with Gasteiger partial charge in [0.25, 0.3) is 11.5 Å². The molecule has 0 aliphatic heterocycles. The number of H-pyrrole nitrogens is 1. The van der Waals surface area contributed by atoms with Crippen LogP contribution in [0.1, 0.15) is 26.3 Å². The van der Waals surface area contributed by atoms with Gasteiger partial charge in [-0.3, -0.25) is 14.6 Å². The maximum Gasteiger partial charge on any atom is 0.335 e. The molecule has 7 nitrogen and oxygen atoms in total. The predicted molar refractivity (Wildman–Crippen MR) is 74.8 cm³/mol. The zero-order valence-electron chi connectivity index (χ0n) is 11.0. The van der Waals surface area contributed by atoms with Crippen molar-refractivity contribution >= 4 is 17.6 Å². The van der Waals surface area contributed by atoms with Crippen LogP contribution in [0.4, 0.5) is 5.69 Å². The Morgan fingerprint density at radius 3 is 2.48 bits per heavy atom. The van der Waals surface area contributed by atoms with E-state index in [0.29, 0.717) is 11.3 Å². The van der Waals surface area contributed by atoms with Crippen molar-refractivity contribution in [3.8, 4) is 5.88 Å². The van der Waals surface area contributed by atoms with E-state index in [1.807, 2.05) is 0 Å². The molecule has 0 saturated heterocycles. The minimum atomic E-state index is -1.11. The maximum absolute atomic E-state index is 12.0. The van der Waals surface area contributed by atoms with Gasteiger partial charge in [-0.2, -0.15) is 0 Å². The first-order valence-electron chi connectivity index (χ1n) is 5.95. The van der Waals surface area contributed by atoms with E-state index in [2.05, 4.69) is 10.3 Å². The average Bonchev–Trinajstić information content (AvgIpc) is 2.39. The lowest BCUT2D eigenvalue weighted by Crippen LogP contribution is -2.16. The minimum absolute atomic E-state index is 0.0311. The number of aromatic carboxylic acids is 1. The van der Waals surface area contributed by atoms with Gasteiger partial charge in [0.15, 0.2) is 5.88 Å². The molecule has 0 saturated carbocycles. The molecule has 0 aliphatic rings. The van der Waals surface area contributed by atoms with Gasteiger partial charge in [0.05, 0.1) is 11.1 Å². The molecule has 0 spiro atoms. The first-order valence-corrected chi connectivity index (χ1v) is 5.95. The molecule has 21 heavy (non-hydrogen) atoms. The molecule has 4 N–H and O–H groups in total. The van der Waals surface area contributed by atoms with Gasteiger partial charge in [-0.25, -0.2) is 4.79 Å². The van der Waals surface area contributed by atoms with Crippen molar-refractivity contribution in [2.75, 3.05) is 5.32 Å². The van der Waals surface area contributed by atoms with E-state index in [0.717, 1.165) is 12.1 Å². The number of rotatable bonds is 3. The van der Waals surface area contributed by atoms with Gasteiger partial charge < -0.3 is 15.5 Å². The van der Waals surface area contributed by atoms with Crippen LogP contribution >= 0.6 is 0 Å².